The van der Waals surface area contributed by atoms with Crippen molar-refractivity contribution in [3.8, 4) is 0 Å². The molecule has 118 valence electrons. The van der Waals surface area contributed by atoms with Crippen LogP contribution in [0.4, 0.5) is 10.7 Å². The Hall–Kier alpha value is -1.60. The number of ketones is 1. The zero-order valence-electron chi connectivity index (χ0n) is 13.1. The third-order valence-electron chi connectivity index (χ3n) is 3.18. The Morgan fingerprint density at radius 1 is 1.43 bits per heavy atom. The molecule has 3 N–H and O–H groups in total. The average Bonchev–Trinajstić information content (AvgIpc) is 2.73. The second kappa shape index (κ2) is 7.42. The van der Waals surface area contributed by atoms with Crippen LogP contribution in [0.2, 0.25) is 0 Å². The van der Waals surface area contributed by atoms with Crippen molar-refractivity contribution >= 4 is 33.8 Å². The third kappa shape index (κ3) is 4.18. The molecule has 0 fully saturated rings. The number of rotatable bonds is 7. The second-order valence-corrected chi connectivity index (χ2v) is 6.04. The summed E-state index contributed by atoms with van der Waals surface area (Å²) in [7, 11) is 3.95. The summed E-state index contributed by atoms with van der Waals surface area (Å²) in [6, 6.07) is 0.268. The minimum Gasteiger partial charge on any atom is -0.462 e. The van der Waals surface area contributed by atoms with Crippen LogP contribution >= 0.6 is 11.3 Å². The van der Waals surface area contributed by atoms with Crippen molar-refractivity contribution in [3.05, 3.63) is 10.4 Å². The van der Waals surface area contributed by atoms with E-state index in [9.17, 15) is 9.59 Å². The number of nitrogens with zero attached hydrogens (tertiary/aromatic N) is 1. The Bertz CT molecular complexity index is 526. The lowest BCUT2D eigenvalue weighted by Crippen LogP contribution is -2.31. The fourth-order valence-electron chi connectivity index (χ4n) is 1.66. The van der Waals surface area contributed by atoms with Crippen LogP contribution in [0.5, 0.6) is 0 Å². The van der Waals surface area contributed by atoms with Crippen LogP contribution in [0.15, 0.2) is 0 Å². The van der Waals surface area contributed by atoms with Gasteiger partial charge in [-0.25, -0.2) is 4.79 Å². The van der Waals surface area contributed by atoms with Crippen molar-refractivity contribution in [1.82, 2.24) is 4.90 Å². The van der Waals surface area contributed by atoms with Gasteiger partial charge in [0.05, 0.1) is 17.2 Å². The molecule has 0 aliphatic heterocycles. The molecule has 21 heavy (non-hydrogen) atoms. The monoisotopic (exact) mass is 313 g/mol. The van der Waals surface area contributed by atoms with Gasteiger partial charge in [-0.05, 0) is 27.9 Å². The summed E-state index contributed by atoms with van der Waals surface area (Å²) in [4.78, 5) is 26.1. The van der Waals surface area contributed by atoms with Gasteiger partial charge >= 0.3 is 5.97 Å². The largest absolute Gasteiger partial charge is 0.462 e. The molecule has 0 aliphatic carbocycles. The summed E-state index contributed by atoms with van der Waals surface area (Å²) >= 11 is 1.20. The van der Waals surface area contributed by atoms with Crippen molar-refractivity contribution in [1.29, 1.82) is 0 Å². The fraction of sp³-hybridized carbons (Fsp3) is 0.571. The van der Waals surface area contributed by atoms with Gasteiger partial charge in [-0.2, -0.15) is 0 Å². The first-order valence-corrected chi connectivity index (χ1v) is 7.61. The highest BCUT2D eigenvalue weighted by Gasteiger charge is 2.25. The summed E-state index contributed by atoms with van der Waals surface area (Å²) in [5, 5.41) is 3.78. The standard InChI is InChI=1S/C14H23N3O3S/c1-6-20-14(19)10-11(15)12(9(3)18)21-13(10)16-7-8(2)17(4)5/h8,16H,6-7,15H2,1-5H3. The maximum atomic E-state index is 12.0. The highest BCUT2D eigenvalue weighted by Crippen LogP contribution is 2.36. The third-order valence-corrected chi connectivity index (χ3v) is 4.45. The van der Waals surface area contributed by atoms with Crippen LogP contribution < -0.4 is 11.1 Å². The highest BCUT2D eigenvalue weighted by atomic mass is 32.1. The lowest BCUT2D eigenvalue weighted by Gasteiger charge is -2.20. The van der Waals surface area contributed by atoms with E-state index in [1.165, 1.54) is 18.3 Å². The van der Waals surface area contributed by atoms with Gasteiger partial charge in [0.15, 0.2) is 5.78 Å². The molecule has 1 rings (SSSR count). The van der Waals surface area contributed by atoms with Crippen LogP contribution in [0.1, 0.15) is 40.8 Å². The number of likely N-dealkylation sites (N-methyl/N-ethyl adjacent to an activating group) is 1. The Balaban J connectivity index is 3.08. The van der Waals surface area contributed by atoms with Gasteiger partial charge in [-0.3, -0.25) is 4.79 Å². The van der Waals surface area contributed by atoms with E-state index in [4.69, 9.17) is 10.5 Å². The molecular weight excluding hydrogens is 290 g/mol. The van der Waals surface area contributed by atoms with E-state index in [2.05, 4.69) is 17.1 Å². The number of thiophene rings is 1. The van der Waals surface area contributed by atoms with Gasteiger partial charge in [0.2, 0.25) is 0 Å². The van der Waals surface area contributed by atoms with Gasteiger partial charge in [0, 0.05) is 19.5 Å². The minimum absolute atomic E-state index is 0.156. The number of esters is 1. The second-order valence-electron chi connectivity index (χ2n) is 5.02. The van der Waals surface area contributed by atoms with E-state index in [1.807, 2.05) is 14.1 Å². The van der Waals surface area contributed by atoms with E-state index >= 15 is 0 Å². The average molecular weight is 313 g/mol. The van der Waals surface area contributed by atoms with Crippen molar-refractivity contribution in [2.45, 2.75) is 26.8 Å². The lowest BCUT2D eigenvalue weighted by molar-refractivity contribution is 0.0529. The highest BCUT2D eigenvalue weighted by molar-refractivity contribution is 7.19. The Labute approximate surface area is 129 Å². The normalized spacial score (nSPS) is 12.3. The zero-order chi connectivity index (χ0) is 16.2. The lowest BCUT2D eigenvalue weighted by atomic mass is 10.2. The summed E-state index contributed by atoms with van der Waals surface area (Å²) in [5.74, 6) is -0.657. The zero-order valence-corrected chi connectivity index (χ0v) is 14.0. The van der Waals surface area contributed by atoms with Gasteiger partial charge in [0.25, 0.3) is 0 Å². The molecule has 0 amide bonds. The number of hydrogen-bond donors (Lipinski definition) is 2. The molecule has 1 aromatic rings. The smallest absolute Gasteiger partial charge is 0.343 e. The molecule has 1 aromatic heterocycles. The maximum absolute atomic E-state index is 12.0. The maximum Gasteiger partial charge on any atom is 0.343 e. The van der Waals surface area contributed by atoms with E-state index in [0.717, 1.165) is 0 Å². The molecule has 1 heterocycles. The molecule has 0 saturated carbocycles. The van der Waals surface area contributed by atoms with Crippen molar-refractivity contribution in [3.63, 3.8) is 0 Å². The van der Waals surface area contributed by atoms with Gasteiger partial charge in [-0.1, -0.05) is 0 Å². The van der Waals surface area contributed by atoms with Crippen molar-refractivity contribution in [2.75, 3.05) is 38.3 Å². The molecule has 7 heteroatoms. The quantitative estimate of drug-likeness (QED) is 0.592. The number of Topliss-reactive ketones (excluding diaryl/α,β-unsaturated/α-hetero) is 1. The molecular formula is C14H23N3O3S. The van der Waals surface area contributed by atoms with Crippen LogP contribution in [-0.2, 0) is 4.74 Å². The van der Waals surface area contributed by atoms with Crippen molar-refractivity contribution < 1.29 is 14.3 Å². The van der Waals surface area contributed by atoms with Crippen LogP contribution in [0.25, 0.3) is 0 Å². The number of nitrogens with two attached hydrogens (primary N) is 1. The van der Waals surface area contributed by atoms with Crippen LogP contribution in [-0.4, -0.2) is 49.9 Å². The molecule has 1 atom stereocenters. The van der Waals surface area contributed by atoms with E-state index in [0.29, 0.717) is 16.4 Å². The summed E-state index contributed by atoms with van der Waals surface area (Å²) in [6.07, 6.45) is 0. The number of ether oxygens (including phenoxy) is 1. The number of anilines is 2. The molecule has 1 unspecified atom stereocenters. The topological polar surface area (TPSA) is 84.7 Å². The molecule has 0 bridgehead atoms. The molecule has 6 nitrogen and oxygen atoms in total. The summed E-state index contributed by atoms with van der Waals surface area (Å²) < 4.78 is 5.02. The molecule has 0 radical (unpaired) electrons. The first kappa shape index (κ1) is 17.5. The van der Waals surface area contributed by atoms with Gasteiger partial charge in [0.1, 0.15) is 10.6 Å². The fourth-order valence-corrected chi connectivity index (χ4v) is 2.67. The van der Waals surface area contributed by atoms with E-state index in [-0.39, 0.29) is 29.7 Å². The Morgan fingerprint density at radius 2 is 2.05 bits per heavy atom. The van der Waals surface area contributed by atoms with E-state index in [1.54, 1.807) is 6.92 Å². The summed E-state index contributed by atoms with van der Waals surface area (Å²) in [5.41, 5.74) is 6.40. The Kier molecular flexibility index (Phi) is 6.17. The van der Waals surface area contributed by atoms with Crippen LogP contribution in [0, 0.1) is 0 Å². The SMILES string of the molecule is CCOC(=O)c1c(NCC(C)N(C)C)sc(C(C)=O)c1N. The first-order chi connectivity index (χ1) is 9.79. The van der Waals surface area contributed by atoms with Crippen molar-refractivity contribution in [2.24, 2.45) is 0 Å². The molecule has 0 saturated heterocycles. The number of carbonyl (C=O) groups excluding carboxylic acids is 2. The predicted octanol–water partition coefficient (Wildman–Crippen LogP) is 2.07. The van der Waals surface area contributed by atoms with Gasteiger partial charge < -0.3 is 20.7 Å². The van der Waals surface area contributed by atoms with Gasteiger partial charge in [-0.15, -0.1) is 11.3 Å². The number of hydrogen-bond acceptors (Lipinski definition) is 7. The number of nitrogens with one attached hydrogen (secondary N) is 1. The Morgan fingerprint density at radius 3 is 2.52 bits per heavy atom. The molecule has 0 spiro atoms. The summed E-state index contributed by atoms with van der Waals surface area (Å²) in [6.45, 7) is 6.12. The van der Waals surface area contributed by atoms with E-state index < -0.39 is 5.97 Å². The minimum atomic E-state index is -0.501. The number of carbonyl (C=O) groups is 2. The first-order valence-electron chi connectivity index (χ1n) is 6.80. The molecule has 0 aromatic carbocycles. The van der Waals surface area contributed by atoms with Crippen LogP contribution in [0.3, 0.4) is 0 Å². The number of nitrogen functional groups attached to an aromatic ring is 1. The molecule has 0 aliphatic rings. The predicted molar refractivity (Wildman–Crippen MR) is 86.3 cm³/mol.